The Bertz CT molecular complexity index is 466. The molecule has 0 amide bonds. The highest BCUT2D eigenvalue weighted by molar-refractivity contribution is 7.93. The van der Waals surface area contributed by atoms with E-state index in [1.807, 2.05) is 6.92 Å². The number of rotatable bonds is 2. The predicted octanol–water partition coefficient (Wildman–Crippen LogP) is 2.61. The van der Waals surface area contributed by atoms with E-state index in [1.54, 1.807) is 6.07 Å². The number of pyridine rings is 1. The summed E-state index contributed by atoms with van der Waals surface area (Å²) in [5.41, 5.74) is 0.803. The van der Waals surface area contributed by atoms with Gasteiger partial charge in [0.25, 0.3) is 0 Å². The van der Waals surface area contributed by atoms with E-state index in [0.717, 1.165) is 18.4 Å². The number of aryl methyl sites for hydroxylation is 1. The first-order valence-electron chi connectivity index (χ1n) is 4.41. The van der Waals surface area contributed by atoms with Crippen LogP contribution in [0.4, 0.5) is 0 Å². The molecule has 0 aromatic carbocycles. The van der Waals surface area contributed by atoms with Gasteiger partial charge in [0.15, 0.2) is 0 Å². The summed E-state index contributed by atoms with van der Waals surface area (Å²) in [6.07, 6.45) is 3.26. The fourth-order valence-corrected chi connectivity index (χ4v) is 3.52. The first-order valence-corrected chi connectivity index (χ1v) is 6.41. The van der Waals surface area contributed by atoms with Crippen molar-refractivity contribution in [1.82, 2.24) is 4.98 Å². The molecule has 1 fully saturated rings. The zero-order valence-corrected chi connectivity index (χ0v) is 9.36. The summed E-state index contributed by atoms with van der Waals surface area (Å²) < 4.78 is 19.9. The summed E-state index contributed by atoms with van der Waals surface area (Å²) in [6.45, 7) is 1.82. The Kier molecular flexibility index (Phi) is 2.27. The van der Waals surface area contributed by atoms with E-state index < -0.39 is 9.73 Å². The molecule has 2 rings (SSSR count). The Morgan fingerprint density at radius 1 is 1.64 bits per heavy atom. The molecule has 1 heterocycles. The average Bonchev–Trinajstić information content (AvgIpc) is 2.84. The van der Waals surface area contributed by atoms with Crippen molar-refractivity contribution >= 4 is 21.3 Å². The normalized spacial score (nSPS) is 20.4. The smallest absolute Gasteiger partial charge is 0.129 e. The summed E-state index contributed by atoms with van der Waals surface area (Å²) >= 11 is 5.70. The van der Waals surface area contributed by atoms with E-state index in [0.29, 0.717) is 10.0 Å². The molecule has 14 heavy (non-hydrogen) atoms. The summed E-state index contributed by atoms with van der Waals surface area (Å²) in [6, 6.07) is 1.66. The fourth-order valence-electron chi connectivity index (χ4n) is 1.41. The van der Waals surface area contributed by atoms with Gasteiger partial charge in [0, 0.05) is 11.4 Å². The maximum absolute atomic E-state index is 12.1. The molecule has 1 aliphatic carbocycles. The second-order valence-electron chi connectivity index (χ2n) is 3.57. The molecule has 1 aliphatic rings. The van der Waals surface area contributed by atoms with Crippen LogP contribution in [0.25, 0.3) is 0 Å². The van der Waals surface area contributed by atoms with Gasteiger partial charge in [-0.15, -0.1) is 0 Å². The molecule has 0 aliphatic heterocycles. The first-order chi connectivity index (χ1) is 6.51. The van der Waals surface area contributed by atoms with E-state index in [-0.39, 0.29) is 5.25 Å². The highest BCUT2D eigenvalue weighted by Crippen LogP contribution is 2.35. The predicted molar refractivity (Wildman–Crippen MR) is 56.1 cm³/mol. The summed E-state index contributed by atoms with van der Waals surface area (Å²) in [5.74, 6) is 0. The molecule has 1 N–H and O–H groups in total. The zero-order valence-electron chi connectivity index (χ0n) is 7.79. The quantitative estimate of drug-likeness (QED) is 0.794. The van der Waals surface area contributed by atoms with Gasteiger partial charge in [0.05, 0.1) is 14.6 Å². The number of nitrogens with one attached hydrogen (secondary N) is 1. The van der Waals surface area contributed by atoms with Gasteiger partial charge in [0.1, 0.15) is 5.15 Å². The molecular formula is C9H11ClN2OS. The molecule has 1 aromatic heterocycles. The number of hydrogen-bond acceptors (Lipinski definition) is 3. The summed E-state index contributed by atoms with van der Waals surface area (Å²) in [7, 11) is -2.63. The first kappa shape index (κ1) is 9.93. The average molecular weight is 231 g/mol. The molecule has 76 valence electrons. The number of hydrogen-bond donors (Lipinski definition) is 1. The van der Waals surface area contributed by atoms with Crippen LogP contribution in [0, 0.1) is 11.7 Å². The van der Waals surface area contributed by atoms with Crippen LogP contribution < -0.4 is 0 Å². The standard InChI is InChI=1S/C9H11ClN2OS/c1-6-4-9(10)12-5-8(6)14(11,13)7-2-3-7/h4-5,7,11H,2-3H2,1H3/t14-/m1/s1. The molecule has 1 aromatic rings. The second kappa shape index (κ2) is 3.21. The summed E-state index contributed by atoms with van der Waals surface area (Å²) in [5, 5.41) is 0.418. The van der Waals surface area contributed by atoms with E-state index in [9.17, 15) is 4.21 Å². The maximum Gasteiger partial charge on any atom is 0.129 e. The lowest BCUT2D eigenvalue weighted by molar-refractivity contribution is 0.673. The minimum absolute atomic E-state index is 0.0316. The van der Waals surface area contributed by atoms with E-state index >= 15 is 0 Å². The van der Waals surface area contributed by atoms with Crippen molar-refractivity contribution in [3.05, 3.63) is 23.0 Å². The lowest BCUT2D eigenvalue weighted by Gasteiger charge is -2.08. The molecule has 5 heteroatoms. The molecule has 0 saturated heterocycles. The highest BCUT2D eigenvalue weighted by atomic mass is 35.5. The molecule has 3 nitrogen and oxygen atoms in total. The van der Waals surface area contributed by atoms with Crippen molar-refractivity contribution in [2.75, 3.05) is 0 Å². The number of nitrogens with zero attached hydrogens (tertiary/aromatic N) is 1. The molecule has 0 unspecified atom stereocenters. The van der Waals surface area contributed by atoms with Gasteiger partial charge in [-0.2, -0.15) is 0 Å². The Morgan fingerprint density at radius 2 is 2.29 bits per heavy atom. The fraction of sp³-hybridized carbons (Fsp3) is 0.444. The van der Waals surface area contributed by atoms with Crippen LogP contribution in [0.1, 0.15) is 18.4 Å². The second-order valence-corrected chi connectivity index (χ2v) is 6.27. The summed E-state index contributed by atoms with van der Waals surface area (Å²) in [4.78, 5) is 4.43. The number of aromatic nitrogens is 1. The van der Waals surface area contributed by atoms with Crippen molar-refractivity contribution in [2.45, 2.75) is 29.9 Å². The van der Waals surface area contributed by atoms with Crippen LogP contribution in [0.5, 0.6) is 0 Å². The number of halogens is 1. The van der Waals surface area contributed by atoms with Crippen molar-refractivity contribution in [3.63, 3.8) is 0 Å². The minimum atomic E-state index is -2.63. The van der Waals surface area contributed by atoms with Crippen LogP contribution in [-0.2, 0) is 9.73 Å². The molecule has 1 atom stereocenters. The maximum atomic E-state index is 12.1. The van der Waals surface area contributed by atoms with Crippen molar-refractivity contribution in [3.8, 4) is 0 Å². The van der Waals surface area contributed by atoms with Gasteiger partial charge < -0.3 is 0 Å². The van der Waals surface area contributed by atoms with Crippen molar-refractivity contribution < 1.29 is 4.21 Å². The third-order valence-electron chi connectivity index (χ3n) is 2.35. The lowest BCUT2D eigenvalue weighted by Crippen LogP contribution is -2.07. The van der Waals surface area contributed by atoms with E-state index in [2.05, 4.69) is 4.98 Å². The third-order valence-corrected chi connectivity index (χ3v) is 5.05. The van der Waals surface area contributed by atoms with Gasteiger partial charge in [-0.3, -0.25) is 0 Å². The van der Waals surface area contributed by atoms with Crippen molar-refractivity contribution in [1.29, 1.82) is 4.78 Å². The molecule has 0 radical (unpaired) electrons. The zero-order chi connectivity index (χ0) is 10.3. The monoisotopic (exact) mass is 230 g/mol. The Hall–Kier alpha value is -0.610. The lowest BCUT2D eigenvalue weighted by atomic mass is 10.3. The molecule has 0 spiro atoms. The molecule has 1 saturated carbocycles. The van der Waals surface area contributed by atoms with Crippen LogP contribution in [0.15, 0.2) is 17.2 Å². The van der Waals surface area contributed by atoms with E-state index in [4.69, 9.17) is 16.4 Å². The Labute approximate surface area is 88.5 Å². The molecule has 0 bridgehead atoms. The highest BCUT2D eigenvalue weighted by Gasteiger charge is 2.34. The van der Waals surface area contributed by atoms with Crippen LogP contribution in [0.3, 0.4) is 0 Å². The minimum Gasteiger partial charge on any atom is -0.249 e. The van der Waals surface area contributed by atoms with Gasteiger partial charge in [-0.25, -0.2) is 14.0 Å². The third kappa shape index (κ3) is 1.64. The van der Waals surface area contributed by atoms with Crippen LogP contribution >= 0.6 is 11.6 Å². The van der Waals surface area contributed by atoms with Gasteiger partial charge in [-0.05, 0) is 31.4 Å². The Morgan fingerprint density at radius 3 is 2.79 bits per heavy atom. The molecular weight excluding hydrogens is 220 g/mol. The van der Waals surface area contributed by atoms with Gasteiger partial charge in [0.2, 0.25) is 0 Å². The van der Waals surface area contributed by atoms with Crippen LogP contribution in [0.2, 0.25) is 5.15 Å². The largest absolute Gasteiger partial charge is 0.249 e. The van der Waals surface area contributed by atoms with Gasteiger partial charge in [-0.1, -0.05) is 11.6 Å². The van der Waals surface area contributed by atoms with Crippen molar-refractivity contribution in [2.24, 2.45) is 0 Å². The van der Waals surface area contributed by atoms with Crippen LogP contribution in [-0.4, -0.2) is 14.4 Å². The Balaban J connectivity index is 2.51. The van der Waals surface area contributed by atoms with E-state index in [1.165, 1.54) is 6.20 Å². The topological polar surface area (TPSA) is 53.8 Å². The SMILES string of the molecule is Cc1cc(Cl)ncc1[S@](=N)(=O)C1CC1. The van der Waals surface area contributed by atoms with Gasteiger partial charge >= 0.3 is 0 Å².